The summed E-state index contributed by atoms with van der Waals surface area (Å²) in [4.78, 5) is 25.3. The maximum absolute atomic E-state index is 12.2. The van der Waals surface area contributed by atoms with Crippen LogP contribution in [0.2, 0.25) is 0 Å². The molecule has 1 unspecified atom stereocenters. The molecule has 116 valence electrons. The van der Waals surface area contributed by atoms with Gasteiger partial charge in [0.25, 0.3) is 0 Å². The van der Waals surface area contributed by atoms with Gasteiger partial charge in [-0.05, 0) is 30.7 Å². The monoisotopic (exact) mass is 335 g/mol. The maximum Gasteiger partial charge on any atom is 0.345 e. The van der Waals surface area contributed by atoms with Crippen molar-refractivity contribution in [2.24, 2.45) is 0 Å². The molecule has 2 rings (SSSR count). The first kappa shape index (κ1) is 16.6. The molecule has 0 spiro atoms. The highest BCUT2D eigenvalue weighted by molar-refractivity contribution is 8.00. The molecule has 0 aliphatic heterocycles. The topological polar surface area (TPSA) is 66.4 Å². The highest BCUT2D eigenvalue weighted by atomic mass is 32.2. The van der Waals surface area contributed by atoms with Gasteiger partial charge in [-0.1, -0.05) is 25.1 Å². The predicted octanol–water partition coefficient (Wildman–Crippen LogP) is 3.63. The fourth-order valence-corrected chi connectivity index (χ4v) is 3.65. The lowest BCUT2D eigenvalue weighted by atomic mass is 10.3. The highest BCUT2D eigenvalue weighted by Gasteiger charge is 2.18. The van der Waals surface area contributed by atoms with Gasteiger partial charge in [0, 0.05) is 9.77 Å². The van der Waals surface area contributed by atoms with Gasteiger partial charge >= 0.3 is 5.97 Å². The molecule has 0 radical (unpaired) electrons. The average molecular weight is 335 g/mol. The molecule has 0 bridgehead atoms. The van der Waals surface area contributed by atoms with Gasteiger partial charge in [0.2, 0.25) is 5.91 Å². The Balaban J connectivity index is 1.90. The third-order valence-corrected chi connectivity index (χ3v) is 5.44. The summed E-state index contributed by atoms with van der Waals surface area (Å²) < 4.78 is 0. The van der Waals surface area contributed by atoms with Gasteiger partial charge in [0.05, 0.1) is 11.8 Å². The number of carboxylic acids is 1. The summed E-state index contributed by atoms with van der Waals surface area (Å²) in [5, 5.41) is 11.6. The molecule has 1 amide bonds. The third kappa shape index (κ3) is 4.61. The summed E-state index contributed by atoms with van der Waals surface area (Å²) in [5.74, 6) is -0.963. The Morgan fingerprint density at radius 3 is 2.55 bits per heavy atom. The van der Waals surface area contributed by atoms with Crippen LogP contribution in [-0.4, -0.2) is 22.2 Å². The minimum absolute atomic E-state index is 0.0263. The summed E-state index contributed by atoms with van der Waals surface area (Å²) in [7, 11) is 0. The number of amides is 1. The Kier molecular flexibility index (Phi) is 6.03. The van der Waals surface area contributed by atoms with E-state index in [0.29, 0.717) is 6.54 Å². The second kappa shape index (κ2) is 8.00. The number of hydrogen-bond acceptors (Lipinski definition) is 4. The summed E-state index contributed by atoms with van der Waals surface area (Å²) in [6, 6.07) is 13.1. The van der Waals surface area contributed by atoms with Crippen LogP contribution in [-0.2, 0) is 11.3 Å². The fourth-order valence-electron chi connectivity index (χ4n) is 1.86. The number of carboxylic acid groups (broad SMARTS) is 1. The lowest BCUT2D eigenvalue weighted by Gasteiger charge is -2.14. The molecule has 4 nitrogen and oxygen atoms in total. The molecule has 0 fully saturated rings. The van der Waals surface area contributed by atoms with Crippen LogP contribution in [0.4, 0.5) is 0 Å². The summed E-state index contributed by atoms with van der Waals surface area (Å²) >= 11 is 2.72. The van der Waals surface area contributed by atoms with Crippen LogP contribution < -0.4 is 5.32 Å². The first-order valence-corrected chi connectivity index (χ1v) is 8.61. The molecule has 6 heteroatoms. The fraction of sp³-hybridized carbons (Fsp3) is 0.250. The molecule has 1 aromatic carbocycles. The molecule has 0 saturated heterocycles. The summed E-state index contributed by atoms with van der Waals surface area (Å²) in [6.07, 6.45) is 0.732. The zero-order valence-electron chi connectivity index (χ0n) is 12.1. The minimum atomic E-state index is -0.936. The van der Waals surface area contributed by atoms with E-state index in [0.717, 1.165) is 16.2 Å². The second-order valence-electron chi connectivity index (χ2n) is 4.62. The Morgan fingerprint density at radius 1 is 1.23 bits per heavy atom. The zero-order valence-corrected chi connectivity index (χ0v) is 13.7. The van der Waals surface area contributed by atoms with Crippen LogP contribution in [0.15, 0.2) is 47.4 Å². The largest absolute Gasteiger partial charge is 0.477 e. The first-order chi connectivity index (χ1) is 10.6. The number of benzene rings is 1. The molecule has 0 aliphatic rings. The van der Waals surface area contributed by atoms with E-state index in [2.05, 4.69) is 5.32 Å². The van der Waals surface area contributed by atoms with Gasteiger partial charge in [0.15, 0.2) is 0 Å². The molecule has 1 atom stereocenters. The van der Waals surface area contributed by atoms with E-state index < -0.39 is 5.97 Å². The van der Waals surface area contributed by atoms with Crippen LogP contribution in [0.5, 0.6) is 0 Å². The summed E-state index contributed by atoms with van der Waals surface area (Å²) in [6.45, 7) is 2.34. The molecule has 1 heterocycles. The van der Waals surface area contributed by atoms with Crippen molar-refractivity contribution in [3.63, 3.8) is 0 Å². The second-order valence-corrected chi connectivity index (χ2v) is 7.06. The lowest BCUT2D eigenvalue weighted by molar-refractivity contribution is -0.120. The quantitative estimate of drug-likeness (QED) is 0.758. The van der Waals surface area contributed by atoms with Gasteiger partial charge in [-0.2, -0.15) is 0 Å². The lowest BCUT2D eigenvalue weighted by Crippen LogP contribution is -2.31. The van der Waals surface area contributed by atoms with Gasteiger partial charge < -0.3 is 10.4 Å². The third-order valence-electron chi connectivity index (χ3n) is 2.99. The van der Waals surface area contributed by atoms with E-state index in [1.54, 1.807) is 12.1 Å². The van der Waals surface area contributed by atoms with Crippen LogP contribution in [0, 0.1) is 0 Å². The maximum atomic E-state index is 12.2. The van der Waals surface area contributed by atoms with Crippen molar-refractivity contribution in [3.05, 3.63) is 52.2 Å². The van der Waals surface area contributed by atoms with Crippen molar-refractivity contribution in [3.8, 4) is 0 Å². The Bertz CT molecular complexity index is 640. The van der Waals surface area contributed by atoms with E-state index >= 15 is 0 Å². The van der Waals surface area contributed by atoms with Crippen LogP contribution in [0.3, 0.4) is 0 Å². The first-order valence-electron chi connectivity index (χ1n) is 6.91. The van der Waals surface area contributed by atoms with Crippen LogP contribution >= 0.6 is 23.1 Å². The number of carbonyl (C=O) groups is 2. The number of rotatable bonds is 7. The van der Waals surface area contributed by atoms with Gasteiger partial charge in [0.1, 0.15) is 4.88 Å². The molecule has 0 aliphatic carbocycles. The van der Waals surface area contributed by atoms with Crippen LogP contribution in [0.1, 0.15) is 27.9 Å². The van der Waals surface area contributed by atoms with Gasteiger partial charge in [-0.25, -0.2) is 4.79 Å². The van der Waals surface area contributed by atoms with Crippen molar-refractivity contribution in [2.45, 2.75) is 30.0 Å². The van der Waals surface area contributed by atoms with Crippen molar-refractivity contribution >= 4 is 35.0 Å². The van der Waals surface area contributed by atoms with Crippen molar-refractivity contribution in [1.29, 1.82) is 0 Å². The van der Waals surface area contributed by atoms with Gasteiger partial charge in [-0.15, -0.1) is 23.1 Å². The van der Waals surface area contributed by atoms with E-state index in [1.165, 1.54) is 23.1 Å². The number of aromatic carboxylic acids is 1. The van der Waals surface area contributed by atoms with E-state index in [-0.39, 0.29) is 16.0 Å². The van der Waals surface area contributed by atoms with E-state index in [9.17, 15) is 9.59 Å². The standard InChI is InChI=1S/C16H17NO3S2/c1-2-13(21-11-6-4-3-5-7-11)15(18)17-10-12-8-9-14(22-12)16(19)20/h3-9,13H,2,10H2,1H3,(H,17,18)(H,19,20). The normalized spacial score (nSPS) is 11.9. The van der Waals surface area contributed by atoms with E-state index in [4.69, 9.17) is 5.11 Å². The van der Waals surface area contributed by atoms with Gasteiger partial charge in [-0.3, -0.25) is 4.79 Å². The number of thioether (sulfide) groups is 1. The molecule has 22 heavy (non-hydrogen) atoms. The Hall–Kier alpha value is -1.79. The summed E-state index contributed by atoms with van der Waals surface area (Å²) in [5.41, 5.74) is 0. The number of thiophene rings is 1. The predicted molar refractivity (Wildman–Crippen MR) is 89.5 cm³/mol. The van der Waals surface area contributed by atoms with Crippen molar-refractivity contribution in [1.82, 2.24) is 5.32 Å². The Morgan fingerprint density at radius 2 is 1.95 bits per heavy atom. The Labute approximate surface area is 137 Å². The van der Waals surface area contributed by atoms with Crippen molar-refractivity contribution < 1.29 is 14.7 Å². The molecule has 1 aromatic heterocycles. The number of hydrogen-bond donors (Lipinski definition) is 2. The molecular weight excluding hydrogens is 318 g/mol. The highest BCUT2D eigenvalue weighted by Crippen LogP contribution is 2.25. The SMILES string of the molecule is CCC(Sc1ccccc1)C(=O)NCc1ccc(C(=O)O)s1. The molecule has 2 N–H and O–H groups in total. The van der Waals surface area contributed by atoms with Crippen molar-refractivity contribution in [2.75, 3.05) is 0 Å². The van der Waals surface area contributed by atoms with E-state index in [1.807, 2.05) is 37.3 Å². The van der Waals surface area contributed by atoms with Crippen LogP contribution in [0.25, 0.3) is 0 Å². The number of nitrogens with one attached hydrogen (secondary N) is 1. The molecular formula is C16H17NO3S2. The molecule has 0 saturated carbocycles. The smallest absolute Gasteiger partial charge is 0.345 e. The zero-order chi connectivity index (χ0) is 15.9. The number of carbonyl (C=O) groups excluding carboxylic acids is 1. The minimum Gasteiger partial charge on any atom is -0.477 e. The molecule has 2 aromatic rings. The average Bonchev–Trinajstić information content (AvgIpc) is 3.00.